The fourth-order valence-corrected chi connectivity index (χ4v) is 3.74. The zero-order valence-corrected chi connectivity index (χ0v) is 19.7. The average molecular weight is 497 g/mol. The van der Waals surface area contributed by atoms with Crippen LogP contribution in [0.3, 0.4) is 0 Å². The molecule has 1 aromatic carbocycles. The van der Waals surface area contributed by atoms with Crippen LogP contribution in [0.1, 0.15) is 58.4 Å². The van der Waals surface area contributed by atoms with E-state index in [1.807, 2.05) is 0 Å². The first-order valence-electron chi connectivity index (χ1n) is 10.7. The van der Waals surface area contributed by atoms with Gasteiger partial charge in [0.1, 0.15) is 22.4 Å². The van der Waals surface area contributed by atoms with Crippen molar-refractivity contribution in [3.8, 4) is 5.75 Å². The topological polar surface area (TPSA) is 59.0 Å². The molecule has 0 saturated carbocycles. The largest absolute Gasteiger partial charge is 0.494 e. The van der Waals surface area contributed by atoms with Gasteiger partial charge in [-0.1, -0.05) is 0 Å². The van der Waals surface area contributed by atoms with Gasteiger partial charge < -0.3 is 9.64 Å². The highest BCUT2D eigenvalue weighted by molar-refractivity contribution is 7.85. The average Bonchev–Trinajstić information content (AvgIpc) is 2.74. The molecule has 0 N–H and O–H groups in total. The number of halogens is 5. The van der Waals surface area contributed by atoms with Crippen molar-refractivity contribution in [3.05, 3.63) is 29.8 Å². The third kappa shape index (κ3) is 8.04. The molecule has 186 valence electrons. The number of amides is 1. The quantitative estimate of drug-likeness (QED) is 0.279. The fraction of sp³-hybridized carbons (Fsp3) is 0.636. The number of likely N-dealkylation sites (tertiary alicyclic amines) is 1. The molecular formula is C22H29F5N2O3S. The molecule has 2 rings (SSSR count). The molecule has 0 aliphatic carbocycles. The minimum atomic E-state index is -4.28. The molecule has 1 unspecified atom stereocenters. The van der Waals surface area contributed by atoms with Crippen LogP contribution in [0.25, 0.3) is 0 Å². The minimum Gasteiger partial charge on any atom is -0.494 e. The molecule has 1 atom stereocenters. The summed E-state index contributed by atoms with van der Waals surface area (Å²) in [4.78, 5) is 13.8. The van der Waals surface area contributed by atoms with Crippen LogP contribution in [0.4, 0.5) is 22.0 Å². The van der Waals surface area contributed by atoms with Gasteiger partial charge in [-0.2, -0.15) is 26.3 Å². The molecule has 1 aromatic rings. The van der Waals surface area contributed by atoms with Crippen molar-refractivity contribution in [2.75, 3.05) is 19.7 Å². The Balaban J connectivity index is 2.28. The van der Waals surface area contributed by atoms with E-state index < -0.39 is 45.9 Å². The monoisotopic (exact) mass is 496 g/mol. The first-order chi connectivity index (χ1) is 15.2. The zero-order chi connectivity index (χ0) is 24.9. The van der Waals surface area contributed by atoms with Crippen molar-refractivity contribution in [3.63, 3.8) is 0 Å². The predicted molar refractivity (Wildman–Crippen MR) is 117 cm³/mol. The summed E-state index contributed by atoms with van der Waals surface area (Å²) >= 11 is 0. The van der Waals surface area contributed by atoms with Gasteiger partial charge in [0.25, 0.3) is 5.91 Å². The maximum absolute atomic E-state index is 15.4. The number of hydrogen-bond donors (Lipinski definition) is 0. The number of rotatable bonds is 8. The van der Waals surface area contributed by atoms with Crippen LogP contribution in [-0.4, -0.2) is 57.3 Å². The van der Waals surface area contributed by atoms with Gasteiger partial charge in [-0.05, 0) is 70.7 Å². The second-order valence-corrected chi connectivity index (χ2v) is 10.7. The van der Waals surface area contributed by atoms with Gasteiger partial charge in [0.2, 0.25) is 0 Å². The molecule has 0 bridgehead atoms. The van der Waals surface area contributed by atoms with Crippen molar-refractivity contribution in [2.45, 2.75) is 69.7 Å². The van der Waals surface area contributed by atoms with Crippen molar-refractivity contribution < 1.29 is 35.7 Å². The highest BCUT2D eigenvalue weighted by Gasteiger charge is 2.48. The molecule has 0 spiro atoms. The molecule has 5 nitrogen and oxygen atoms in total. The van der Waals surface area contributed by atoms with Crippen LogP contribution in [0.2, 0.25) is 0 Å². The SMILES string of the molecule is CC(C)(C)S(=O)N=C(c1ccc(OCCCC(F)(F)F)cc1)C(F)(F)C(=O)N1CCCCC1. The number of nitrogens with zero attached hydrogens (tertiary/aromatic N) is 2. The summed E-state index contributed by atoms with van der Waals surface area (Å²) in [5.74, 6) is -5.21. The van der Waals surface area contributed by atoms with Gasteiger partial charge in [-0.15, -0.1) is 0 Å². The van der Waals surface area contributed by atoms with E-state index >= 15 is 8.78 Å². The van der Waals surface area contributed by atoms with Gasteiger partial charge in [0.15, 0.2) is 0 Å². The van der Waals surface area contributed by atoms with Crippen molar-refractivity contribution >= 4 is 22.6 Å². The molecule has 11 heteroatoms. The Hall–Kier alpha value is -2.04. The summed E-state index contributed by atoms with van der Waals surface area (Å²) < 4.78 is 88.0. The predicted octanol–water partition coefficient (Wildman–Crippen LogP) is 5.31. The Morgan fingerprint density at radius 1 is 1.03 bits per heavy atom. The van der Waals surface area contributed by atoms with Crippen LogP contribution >= 0.6 is 0 Å². The van der Waals surface area contributed by atoms with Gasteiger partial charge >= 0.3 is 12.1 Å². The van der Waals surface area contributed by atoms with Crippen molar-refractivity contribution in [2.24, 2.45) is 4.40 Å². The standard InChI is InChI=1S/C22H29F5N2O3S/c1-20(2,3)33(31)28-18(22(26,27)19(30)29-13-5-4-6-14-29)16-8-10-17(11-9-16)32-15-7-12-21(23,24)25/h8-11H,4-7,12-15H2,1-3H3. The van der Waals surface area contributed by atoms with E-state index in [-0.39, 0.29) is 37.4 Å². The highest BCUT2D eigenvalue weighted by atomic mass is 32.2. The van der Waals surface area contributed by atoms with Gasteiger partial charge in [-0.3, -0.25) is 4.79 Å². The number of carbonyl (C=O) groups excluding carboxylic acids is 1. The molecule has 0 aromatic heterocycles. The van der Waals surface area contributed by atoms with Crippen molar-refractivity contribution in [1.82, 2.24) is 4.90 Å². The maximum Gasteiger partial charge on any atom is 0.389 e. The molecular weight excluding hydrogens is 467 g/mol. The molecule has 1 aliphatic rings. The number of benzene rings is 1. The maximum atomic E-state index is 15.4. The van der Waals surface area contributed by atoms with Crippen LogP contribution in [0.15, 0.2) is 28.7 Å². The summed E-state index contributed by atoms with van der Waals surface area (Å²) in [7, 11) is -2.06. The smallest absolute Gasteiger partial charge is 0.389 e. The summed E-state index contributed by atoms with van der Waals surface area (Å²) in [5, 5.41) is 0. The second kappa shape index (κ2) is 10.9. The summed E-state index contributed by atoms with van der Waals surface area (Å²) in [5.41, 5.74) is -1.03. The van der Waals surface area contributed by atoms with E-state index in [2.05, 4.69) is 4.40 Å². The van der Waals surface area contributed by atoms with Crippen LogP contribution in [0, 0.1) is 0 Å². The Kier molecular flexibility index (Phi) is 9.01. The zero-order valence-electron chi connectivity index (χ0n) is 18.9. The van der Waals surface area contributed by atoms with Crippen molar-refractivity contribution in [1.29, 1.82) is 0 Å². The molecule has 1 heterocycles. The molecule has 0 radical (unpaired) electrons. The Morgan fingerprint density at radius 3 is 2.12 bits per heavy atom. The number of alkyl halides is 5. The minimum absolute atomic E-state index is 0.120. The van der Waals surface area contributed by atoms with E-state index in [4.69, 9.17) is 4.74 Å². The molecule has 1 saturated heterocycles. The van der Waals surface area contributed by atoms with E-state index in [9.17, 15) is 22.2 Å². The lowest BCUT2D eigenvalue weighted by Gasteiger charge is -2.30. The Bertz CT molecular complexity index is 858. The lowest BCUT2D eigenvalue weighted by atomic mass is 10.0. The first kappa shape index (κ1) is 27.2. The number of carbonyl (C=O) groups is 1. The van der Waals surface area contributed by atoms with E-state index in [1.54, 1.807) is 20.8 Å². The lowest BCUT2D eigenvalue weighted by molar-refractivity contribution is -0.149. The lowest BCUT2D eigenvalue weighted by Crippen LogP contribution is -2.50. The van der Waals surface area contributed by atoms with Gasteiger partial charge in [0, 0.05) is 25.1 Å². The van der Waals surface area contributed by atoms with E-state index in [0.29, 0.717) is 12.8 Å². The Labute approximate surface area is 193 Å². The van der Waals surface area contributed by atoms with Gasteiger partial charge in [0.05, 0.1) is 11.4 Å². The van der Waals surface area contributed by atoms with Crippen LogP contribution in [-0.2, 0) is 15.8 Å². The number of piperidine rings is 1. The number of ether oxygens (including phenoxy) is 1. The normalized spacial score (nSPS) is 17.1. The summed E-state index contributed by atoms with van der Waals surface area (Å²) in [6, 6.07) is 5.07. The second-order valence-electron chi connectivity index (χ2n) is 8.82. The van der Waals surface area contributed by atoms with Crippen LogP contribution in [0.5, 0.6) is 5.75 Å². The first-order valence-corrected chi connectivity index (χ1v) is 11.8. The molecule has 1 fully saturated rings. The fourth-order valence-electron chi connectivity index (χ4n) is 3.08. The van der Waals surface area contributed by atoms with E-state index in [1.165, 1.54) is 24.3 Å². The summed E-state index contributed by atoms with van der Waals surface area (Å²) in [6.07, 6.45) is -3.41. The van der Waals surface area contributed by atoms with E-state index in [0.717, 1.165) is 11.3 Å². The Morgan fingerprint density at radius 2 is 1.61 bits per heavy atom. The summed E-state index contributed by atoms with van der Waals surface area (Å²) in [6.45, 7) is 4.97. The number of hydrogen-bond acceptors (Lipinski definition) is 3. The molecule has 1 aliphatic heterocycles. The highest BCUT2D eigenvalue weighted by Crippen LogP contribution is 2.29. The van der Waals surface area contributed by atoms with Gasteiger partial charge in [-0.25, -0.2) is 4.21 Å². The molecule has 1 amide bonds. The molecule has 33 heavy (non-hydrogen) atoms. The van der Waals surface area contributed by atoms with Crippen LogP contribution < -0.4 is 4.74 Å². The third-order valence-corrected chi connectivity index (χ3v) is 6.30. The third-order valence-electron chi connectivity index (χ3n) is 4.91.